The Morgan fingerprint density at radius 2 is 1.96 bits per heavy atom. The van der Waals surface area contributed by atoms with E-state index in [4.69, 9.17) is 21.1 Å². The molecule has 26 heavy (non-hydrogen) atoms. The molecule has 2 aromatic rings. The first-order valence-corrected chi connectivity index (χ1v) is 8.77. The van der Waals surface area contributed by atoms with E-state index in [0.717, 1.165) is 11.1 Å². The van der Waals surface area contributed by atoms with Crippen LogP contribution in [0.3, 0.4) is 0 Å². The van der Waals surface area contributed by atoms with Gasteiger partial charge in [0.05, 0.1) is 6.61 Å². The van der Waals surface area contributed by atoms with Crippen LogP contribution in [-0.2, 0) is 24.2 Å². The van der Waals surface area contributed by atoms with Gasteiger partial charge in [-0.05, 0) is 48.2 Å². The maximum Gasteiger partial charge on any atom is 0.314 e. The molecule has 0 radical (unpaired) electrons. The van der Waals surface area contributed by atoms with Gasteiger partial charge in [0.15, 0.2) is 6.79 Å². The van der Waals surface area contributed by atoms with E-state index in [1.807, 2.05) is 24.3 Å². The molecule has 0 aliphatic carbocycles. The molecule has 5 nitrogen and oxygen atoms in total. The molecule has 2 aromatic carbocycles. The first-order chi connectivity index (χ1) is 12.6. The van der Waals surface area contributed by atoms with Crippen LogP contribution in [0.15, 0.2) is 36.4 Å². The van der Waals surface area contributed by atoms with Crippen LogP contribution >= 0.6 is 11.6 Å². The molecule has 2 N–H and O–H groups in total. The summed E-state index contributed by atoms with van der Waals surface area (Å²) in [6, 6.07) is 10.1. The number of halogens is 2. The van der Waals surface area contributed by atoms with Crippen LogP contribution in [0.25, 0.3) is 0 Å². The number of amides is 2. The number of benzene rings is 2. The summed E-state index contributed by atoms with van der Waals surface area (Å²) >= 11 is 5.93. The molecule has 7 heteroatoms. The molecule has 2 amide bonds. The topological polar surface area (TPSA) is 59.6 Å². The van der Waals surface area contributed by atoms with Crippen LogP contribution in [0.1, 0.15) is 16.7 Å². The quantitative estimate of drug-likeness (QED) is 0.809. The summed E-state index contributed by atoms with van der Waals surface area (Å²) in [4.78, 5) is 11.9. The average Bonchev–Trinajstić information content (AvgIpc) is 2.61. The second-order valence-electron chi connectivity index (χ2n) is 5.98. The van der Waals surface area contributed by atoms with Crippen LogP contribution in [0, 0.1) is 5.82 Å². The maximum absolute atomic E-state index is 13.7. The number of ether oxygens (including phenoxy) is 2. The first-order valence-electron chi connectivity index (χ1n) is 8.40. The van der Waals surface area contributed by atoms with Crippen molar-refractivity contribution in [1.82, 2.24) is 10.6 Å². The van der Waals surface area contributed by atoms with Crippen molar-refractivity contribution in [2.24, 2.45) is 0 Å². The summed E-state index contributed by atoms with van der Waals surface area (Å²) in [5.74, 6) is 0.319. The SMILES string of the molecule is O=C(NCCc1cccc(Cl)c1)NCCc1cc(F)cc2c1OCOC2. The Labute approximate surface area is 156 Å². The van der Waals surface area contributed by atoms with Crippen molar-refractivity contribution < 1.29 is 18.7 Å². The summed E-state index contributed by atoms with van der Waals surface area (Å²) in [6.45, 7) is 1.37. The Kier molecular flexibility index (Phi) is 6.30. The average molecular weight is 379 g/mol. The third kappa shape index (κ3) is 5.09. The molecule has 0 bridgehead atoms. The molecular formula is C19H20ClFN2O3. The zero-order chi connectivity index (χ0) is 18.4. The van der Waals surface area contributed by atoms with E-state index < -0.39 is 0 Å². The summed E-state index contributed by atoms with van der Waals surface area (Å²) in [5, 5.41) is 6.24. The highest BCUT2D eigenvalue weighted by Gasteiger charge is 2.16. The van der Waals surface area contributed by atoms with E-state index in [-0.39, 0.29) is 18.6 Å². The second kappa shape index (κ2) is 8.87. The number of carbonyl (C=O) groups is 1. The fourth-order valence-corrected chi connectivity index (χ4v) is 3.04. The van der Waals surface area contributed by atoms with Gasteiger partial charge in [0.2, 0.25) is 0 Å². The zero-order valence-corrected chi connectivity index (χ0v) is 14.9. The van der Waals surface area contributed by atoms with Gasteiger partial charge in [-0.3, -0.25) is 0 Å². The van der Waals surface area contributed by atoms with E-state index in [9.17, 15) is 9.18 Å². The molecule has 138 valence electrons. The number of hydrogen-bond donors (Lipinski definition) is 2. The highest BCUT2D eigenvalue weighted by molar-refractivity contribution is 6.30. The van der Waals surface area contributed by atoms with Crippen molar-refractivity contribution in [3.63, 3.8) is 0 Å². The number of urea groups is 1. The third-order valence-electron chi connectivity index (χ3n) is 4.02. The van der Waals surface area contributed by atoms with Crippen LogP contribution in [-0.4, -0.2) is 25.9 Å². The number of rotatable bonds is 6. The smallest absolute Gasteiger partial charge is 0.314 e. The van der Waals surface area contributed by atoms with Crippen LogP contribution < -0.4 is 15.4 Å². The van der Waals surface area contributed by atoms with Crippen molar-refractivity contribution in [2.45, 2.75) is 19.4 Å². The van der Waals surface area contributed by atoms with Crippen molar-refractivity contribution in [2.75, 3.05) is 19.9 Å². The second-order valence-corrected chi connectivity index (χ2v) is 6.41. The van der Waals surface area contributed by atoms with Gasteiger partial charge in [-0.1, -0.05) is 23.7 Å². The zero-order valence-electron chi connectivity index (χ0n) is 14.2. The minimum Gasteiger partial charge on any atom is -0.467 e. The predicted molar refractivity (Wildman–Crippen MR) is 96.9 cm³/mol. The number of nitrogens with one attached hydrogen (secondary N) is 2. The molecule has 1 aliphatic heterocycles. The van der Waals surface area contributed by atoms with Gasteiger partial charge >= 0.3 is 6.03 Å². The van der Waals surface area contributed by atoms with E-state index in [0.29, 0.717) is 48.9 Å². The summed E-state index contributed by atoms with van der Waals surface area (Å²) in [5.41, 5.74) is 2.48. The van der Waals surface area contributed by atoms with Gasteiger partial charge < -0.3 is 20.1 Å². The molecule has 0 saturated carbocycles. The third-order valence-corrected chi connectivity index (χ3v) is 4.25. The van der Waals surface area contributed by atoms with Crippen molar-refractivity contribution in [1.29, 1.82) is 0 Å². The van der Waals surface area contributed by atoms with Gasteiger partial charge in [-0.15, -0.1) is 0 Å². The maximum atomic E-state index is 13.7. The molecule has 1 aliphatic rings. The molecule has 3 rings (SSSR count). The standard InChI is InChI=1S/C19H20ClFN2O3/c20-16-3-1-2-13(8-16)4-6-22-19(24)23-7-5-14-9-17(21)10-15-11-25-12-26-18(14)15/h1-3,8-10H,4-7,11-12H2,(H2,22,23,24). The molecule has 0 fully saturated rings. The fourth-order valence-electron chi connectivity index (χ4n) is 2.83. The Bertz CT molecular complexity index is 785. The van der Waals surface area contributed by atoms with Gasteiger partial charge in [0, 0.05) is 23.7 Å². The van der Waals surface area contributed by atoms with Gasteiger partial charge in [0.1, 0.15) is 11.6 Å². The van der Waals surface area contributed by atoms with E-state index in [2.05, 4.69) is 10.6 Å². The highest BCUT2D eigenvalue weighted by Crippen LogP contribution is 2.29. The Balaban J connectivity index is 1.43. The summed E-state index contributed by atoms with van der Waals surface area (Å²) in [7, 11) is 0. The Hall–Kier alpha value is -2.31. The lowest BCUT2D eigenvalue weighted by Gasteiger charge is -2.21. The van der Waals surface area contributed by atoms with Crippen molar-refractivity contribution in [3.05, 3.63) is 63.9 Å². The van der Waals surface area contributed by atoms with E-state index in [1.54, 1.807) is 0 Å². The van der Waals surface area contributed by atoms with Gasteiger partial charge in [-0.25, -0.2) is 9.18 Å². The molecule has 1 heterocycles. The van der Waals surface area contributed by atoms with Crippen LogP contribution in [0.2, 0.25) is 5.02 Å². The molecule has 0 unspecified atom stereocenters. The molecular weight excluding hydrogens is 359 g/mol. The van der Waals surface area contributed by atoms with Crippen molar-refractivity contribution in [3.8, 4) is 5.75 Å². The Morgan fingerprint density at radius 3 is 2.77 bits per heavy atom. The number of fused-ring (bicyclic) bond motifs is 1. The molecule has 0 spiro atoms. The highest BCUT2D eigenvalue weighted by atomic mass is 35.5. The lowest BCUT2D eigenvalue weighted by molar-refractivity contribution is -0.0172. The van der Waals surface area contributed by atoms with Gasteiger partial charge in [0.25, 0.3) is 0 Å². The lowest BCUT2D eigenvalue weighted by Crippen LogP contribution is -2.37. The largest absolute Gasteiger partial charge is 0.467 e. The summed E-state index contributed by atoms with van der Waals surface area (Å²) < 4.78 is 24.3. The molecule has 0 atom stereocenters. The van der Waals surface area contributed by atoms with Gasteiger partial charge in [-0.2, -0.15) is 0 Å². The molecule has 0 aromatic heterocycles. The van der Waals surface area contributed by atoms with Crippen LogP contribution in [0.4, 0.5) is 9.18 Å². The minimum atomic E-state index is -0.334. The summed E-state index contributed by atoms with van der Waals surface area (Å²) in [6.07, 6.45) is 1.17. The monoisotopic (exact) mass is 378 g/mol. The lowest BCUT2D eigenvalue weighted by atomic mass is 10.1. The van der Waals surface area contributed by atoms with Crippen molar-refractivity contribution >= 4 is 17.6 Å². The van der Waals surface area contributed by atoms with E-state index in [1.165, 1.54) is 12.1 Å². The molecule has 0 saturated heterocycles. The predicted octanol–water partition coefficient (Wildman–Crippen LogP) is 3.43. The number of carbonyl (C=O) groups excluding carboxylic acids is 1. The van der Waals surface area contributed by atoms with Crippen LogP contribution in [0.5, 0.6) is 5.75 Å². The first kappa shape index (κ1) is 18.5. The Morgan fingerprint density at radius 1 is 1.15 bits per heavy atom. The fraction of sp³-hybridized carbons (Fsp3) is 0.316. The van der Waals surface area contributed by atoms with E-state index >= 15 is 0 Å². The normalized spacial score (nSPS) is 12.8. The minimum absolute atomic E-state index is 0.156. The number of hydrogen-bond acceptors (Lipinski definition) is 3.